The van der Waals surface area contributed by atoms with Gasteiger partial charge in [-0.25, -0.2) is 17.2 Å². The minimum atomic E-state index is -4.05. The molecule has 1 aliphatic rings. The Morgan fingerprint density at radius 2 is 1.76 bits per heavy atom. The number of hydrogen-bond donors (Lipinski definition) is 1. The lowest BCUT2D eigenvalue weighted by Crippen LogP contribution is -2.43. The minimum Gasteiger partial charge on any atom is -0.550 e. The number of halogens is 2. The molecule has 0 unspecified atom stereocenters. The normalized spacial score (nSPS) is 15.8. The van der Waals surface area contributed by atoms with E-state index in [4.69, 9.17) is 0 Å². The van der Waals surface area contributed by atoms with Crippen molar-refractivity contribution in [2.45, 2.75) is 17.7 Å². The van der Waals surface area contributed by atoms with Gasteiger partial charge in [0.05, 0.1) is 10.5 Å². The number of carbonyl (C=O) groups is 2. The second-order valence-corrected chi connectivity index (χ2v) is 8.54. The first-order valence-corrected chi connectivity index (χ1v) is 10.2. The first-order valence-electron chi connectivity index (χ1n) is 8.76. The van der Waals surface area contributed by atoms with Gasteiger partial charge in [-0.1, -0.05) is 6.07 Å². The molecule has 154 valence electrons. The number of nitrogens with zero attached hydrogens (tertiary/aromatic N) is 1. The molecule has 2 aromatic carbocycles. The van der Waals surface area contributed by atoms with Crippen molar-refractivity contribution in [3.8, 4) is 0 Å². The molecule has 2 aromatic rings. The first kappa shape index (κ1) is 20.9. The number of anilines is 1. The molecule has 3 rings (SSSR count). The zero-order valence-corrected chi connectivity index (χ0v) is 15.9. The topological polar surface area (TPSA) is 107 Å². The highest BCUT2D eigenvalue weighted by Gasteiger charge is 2.30. The zero-order chi connectivity index (χ0) is 21.2. The summed E-state index contributed by atoms with van der Waals surface area (Å²) in [5.41, 5.74) is -0.424. The molecule has 0 bridgehead atoms. The van der Waals surface area contributed by atoms with Crippen molar-refractivity contribution < 1.29 is 31.9 Å². The molecule has 1 saturated heterocycles. The van der Waals surface area contributed by atoms with Gasteiger partial charge in [0.2, 0.25) is 10.0 Å². The highest BCUT2D eigenvalue weighted by molar-refractivity contribution is 7.89. The number of amides is 1. The molecule has 0 saturated carbocycles. The SMILES string of the molecule is O=C(Nc1cccc(F)c1)c1cc(S(=O)(=O)N2CCC(C(=O)[O-])CC2)ccc1F. The van der Waals surface area contributed by atoms with Crippen LogP contribution >= 0.6 is 0 Å². The van der Waals surface area contributed by atoms with Crippen molar-refractivity contribution in [3.05, 3.63) is 59.7 Å². The molecule has 1 fully saturated rings. The van der Waals surface area contributed by atoms with E-state index in [0.29, 0.717) is 0 Å². The van der Waals surface area contributed by atoms with Crippen molar-refractivity contribution >= 4 is 27.6 Å². The van der Waals surface area contributed by atoms with Crippen LogP contribution in [-0.2, 0) is 14.8 Å². The monoisotopic (exact) mass is 423 g/mol. The first-order chi connectivity index (χ1) is 13.7. The fourth-order valence-electron chi connectivity index (χ4n) is 3.08. The van der Waals surface area contributed by atoms with Crippen molar-refractivity contribution in [1.82, 2.24) is 4.31 Å². The average molecular weight is 423 g/mol. The van der Waals surface area contributed by atoms with E-state index in [2.05, 4.69) is 5.32 Å². The molecule has 1 aliphatic heterocycles. The van der Waals surface area contributed by atoms with E-state index < -0.39 is 45.0 Å². The van der Waals surface area contributed by atoms with E-state index in [1.54, 1.807) is 0 Å². The maximum atomic E-state index is 14.2. The Bertz CT molecular complexity index is 1050. The van der Waals surface area contributed by atoms with Crippen LogP contribution in [-0.4, -0.2) is 37.7 Å². The van der Waals surface area contributed by atoms with Crippen LogP contribution in [0.15, 0.2) is 47.4 Å². The second-order valence-electron chi connectivity index (χ2n) is 6.60. The van der Waals surface area contributed by atoms with Crippen molar-refractivity contribution in [3.63, 3.8) is 0 Å². The van der Waals surface area contributed by atoms with Crippen molar-refractivity contribution in [1.29, 1.82) is 0 Å². The lowest BCUT2D eigenvalue weighted by atomic mass is 9.99. The van der Waals surface area contributed by atoms with Crippen molar-refractivity contribution in [2.24, 2.45) is 5.92 Å². The molecular weight excluding hydrogens is 406 g/mol. The van der Waals surface area contributed by atoms with Crippen LogP contribution in [0.5, 0.6) is 0 Å². The number of carboxylic acid groups (broad SMARTS) is 1. The molecule has 0 atom stereocenters. The van der Waals surface area contributed by atoms with Crippen LogP contribution in [0.3, 0.4) is 0 Å². The van der Waals surface area contributed by atoms with E-state index in [-0.39, 0.29) is 36.5 Å². The fraction of sp³-hybridized carbons (Fsp3) is 0.263. The van der Waals surface area contributed by atoms with Gasteiger partial charge in [0.25, 0.3) is 5.91 Å². The van der Waals surface area contributed by atoms with Crippen LogP contribution in [0.1, 0.15) is 23.2 Å². The van der Waals surface area contributed by atoms with Gasteiger partial charge in [0.15, 0.2) is 0 Å². The Morgan fingerprint density at radius 3 is 2.38 bits per heavy atom. The Labute approximate surface area is 166 Å². The molecule has 1 N–H and O–H groups in total. The fourth-order valence-corrected chi connectivity index (χ4v) is 4.58. The number of benzene rings is 2. The third kappa shape index (κ3) is 4.60. The summed E-state index contributed by atoms with van der Waals surface area (Å²) in [6, 6.07) is 7.78. The largest absolute Gasteiger partial charge is 0.550 e. The molecular formula is C19H17F2N2O5S-. The molecule has 0 radical (unpaired) electrons. The van der Waals surface area contributed by atoms with Gasteiger partial charge in [-0.15, -0.1) is 0 Å². The minimum absolute atomic E-state index is 0.0246. The van der Waals surface area contributed by atoms with Crippen LogP contribution in [0.25, 0.3) is 0 Å². The average Bonchev–Trinajstić information content (AvgIpc) is 2.68. The summed E-state index contributed by atoms with van der Waals surface area (Å²) in [5, 5.41) is 13.2. The third-order valence-corrected chi connectivity index (χ3v) is 6.58. The number of hydrogen-bond acceptors (Lipinski definition) is 5. The molecule has 1 heterocycles. The number of nitrogens with one attached hydrogen (secondary N) is 1. The van der Waals surface area contributed by atoms with Gasteiger partial charge in [-0.05, 0) is 49.2 Å². The lowest BCUT2D eigenvalue weighted by Gasteiger charge is -2.31. The standard InChI is InChI=1S/C19H18F2N2O5S/c20-13-2-1-3-14(10-13)22-18(24)16-11-15(4-5-17(16)21)29(27,28)23-8-6-12(7-9-23)19(25)26/h1-5,10-12H,6-9H2,(H,22,24)(H,25,26)/p-1. The van der Waals surface area contributed by atoms with Crippen LogP contribution < -0.4 is 10.4 Å². The van der Waals surface area contributed by atoms with Crippen LogP contribution in [0, 0.1) is 17.6 Å². The smallest absolute Gasteiger partial charge is 0.258 e. The molecule has 0 spiro atoms. The highest BCUT2D eigenvalue weighted by atomic mass is 32.2. The maximum absolute atomic E-state index is 14.2. The lowest BCUT2D eigenvalue weighted by molar-refractivity contribution is -0.312. The Hall–Kier alpha value is -2.85. The van der Waals surface area contributed by atoms with Gasteiger partial charge in [0.1, 0.15) is 11.6 Å². The number of carbonyl (C=O) groups excluding carboxylic acids is 2. The molecule has 0 aliphatic carbocycles. The Balaban J connectivity index is 1.82. The summed E-state index contributed by atoms with van der Waals surface area (Å²) < 4.78 is 54.1. The summed E-state index contributed by atoms with van der Waals surface area (Å²) >= 11 is 0. The number of aliphatic carboxylic acids is 1. The van der Waals surface area contributed by atoms with Gasteiger partial charge in [0, 0.05) is 30.7 Å². The summed E-state index contributed by atoms with van der Waals surface area (Å²) in [7, 11) is -4.05. The van der Waals surface area contributed by atoms with Crippen LogP contribution in [0.4, 0.5) is 14.5 Å². The van der Waals surface area contributed by atoms with Gasteiger partial charge >= 0.3 is 0 Å². The molecule has 7 nitrogen and oxygen atoms in total. The summed E-state index contributed by atoms with van der Waals surface area (Å²) in [6.07, 6.45) is 0.214. The van der Waals surface area contributed by atoms with E-state index in [9.17, 15) is 31.9 Å². The van der Waals surface area contributed by atoms with Crippen LogP contribution in [0.2, 0.25) is 0 Å². The molecule has 29 heavy (non-hydrogen) atoms. The number of piperidine rings is 1. The second kappa shape index (κ2) is 8.26. The number of rotatable bonds is 5. The van der Waals surface area contributed by atoms with E-state index in [0.717, 1.165) is 28.6 Å². The number of sulfonamides is 1. The number of carboxylic acids is 1. The van der Waals surface area contributed by atoms with E-state index in [1.807, 2.05) is 0 Å². The maximum Gasteiger partial charge on any atom is 0.258 e. The quantitative estimate of drug-likeness (QED) is 0.782. The van der Waals surface area contributed by atoms with E-state index >= 15 is 0 Å². The molecule has 10 heteroatoms. The van der Waals surface area contributed by atoms with E-state index in [1.165, 1.54) is 18.2 Å². The highest BCUT2D eigenvalue weighted by Crippen LogP contribution is 2.25. The predicted molar refractivity (Wildman–Crippen MR) is 97.2 cm³/mol. The van der Waals surface area contributed by atoms with Gasteiger partial charge in [-0.3, -0.25) is 4.79 Å². The van der Waals surface area contributed by atoms with Crippen molar-refractivity contribution in [2.75, 3.05) is 18.4 Å². The third-order valence-electron chi connectivity index (χ3n) is 4.69. The summed E-state index contributed by atoms with van der Waals surface area (Å²) in [5.74, 6) is -4.41. The zero-order valence-electron chi connectivity index (χ0n) is 15.1. The predicted octanol–water partition coefficient (Wildman–Crippen LogP) is 1.37. The van der Waals surface area contributed by atoms with Gasteiger partial charge in [-0.2, -0.15) is 4.31 Å². The molecule has 0 aromatic heterocycles. The molecule has 1 amide bonds. The van der Waals surface area contributed by atoms with Gasteiger partial charge < -0.3 is 15.2 Å². The Kier molecular flexibility index (Phi) is 5.94. The summed E-state index contributed by atoms with van der Waals surface area (Å²) in [6.45, 7) is -0.0492. The Morgan fingerprint density at radius 1 is 1.07 bits per heavy atom. The summed E-state index contributed by atoms with van der Waals surface area (Å²) in [4.78, 5) is 23.0.